The van der Waals surface area contributed by atoms with Gasteiger partial charge in [-0.3, -0.25) is 0 Å². The zero-order valence-electron chi connectivity index (χ0n) is 10.6. The molecule has 0 spiro atoms. The van der Waals surface area contributed by atoms with Crippen LogP contribution in [0.4, 0.5) is 0 Å². The molecule has 1 heteroatoms. The van der Waals surface area contributed by atoms with Crippen molar-refractivity contribution in [3.63, 3.8) is 0 Å². The Morgan fingerprint density at radius 2 is 1.47 bits per heavy atom. The molecule has 0 amide bonds. The van der Waals surface area contributed by atoms with E-state index in [0.717, 1.165) is 6.61 Å². The molecule has 15 heavy (non-hydrogen) atoms. The molecule has 0 bridgehead atoms. The van der Waals surface area contributed by atoms with Crippen LogP contribution in [0.2, 0.25) is 0 Å². The molecule has 0 aliphatic rings. The molecule has 0 saturated carbocycles. The maximum absolute atomic E-state index is 5.23. The van der Waals surface area contributed by atoms with Gasteiger partial charge in [-0.15, -0.1) is 13.2 Å². The molecule has 0 unspecified atom stereocenters. The van der Waals surface area contributed by atoms with Gasteiger partial charge in [-0.25, -0.2) is 0 Å². The Balaban J connectivity index is 0. The molecule has 0 aliphatic carbocycles. The maximum Gasteiger partial charge on any atom is 0.0873 e. The van der Waals surface area contributed by atoms with E-state index in [2.05, 4.69) is 20.1 Å². The zero-order valence-corrected chi connectivity index (χ0v) is 10.6. The highest BCUT2D eigenvalue weighted by Gasteiger charge is 1.89. The van der Waals surface area contributed by atoms with E-state index in [9.17, 15) is 0 Å². The first-order chi connectivity index (χ1) is 7.41. The van der Waals surface area contributed by atoms with Crippen molar-refractivity contribution in [3.8, 4) is 0 Å². The first-order valence-electron chi connectivity index (χ1n) is 6.14. The molecule has 0 N–H and O–H groups in total. The zero-order chi connectivity index (χ0) is 11.8. The number of ether oxygens (including phenoxy) is 1. The average molecular weight is 212 g/mol. The second-order valence-electron chi connectivity index (χ2n) is 3.46. The van der Waals surface area contributed by atoms with Crippen molar-refractivity contribution in [3.05, 3.63) is 25.5 Å². The Kier molecular flexibility index (Phi) is 21.1. The van der Waals surface area contributed by atoms with Crippen LogP contribution in [0.15, 0.2) is 25.5 Å². The lowest BCUT2D eigenvalue weighted by molar-refractivity contribution is 0.240. The van der Waals surface area contributed by atoms with Gasteiger partial charge in [0.2, 0.25) is 0 Å². The van der Waals surface area contributed by atoms with Crippen molar-refractivity contribution < 1.29 is 4.74 Å². The van der Waals surface area contributed by atoms with Crippen LogP contribution in [0.5, 0.6) is 0 Å². The molecule has 90 valence electrons. The molecule has 1 nitrogen and oxygen atoms in total. The SMILES string of the molecule is C=C.CC=COCCCCCCCCC. The lowest BCUT2D eigenvalue weighted by Crippen LogP contribution is -1.87. The molecular formula is C14H28O. The van der Waals surface area contributed by atoms with Gasteiger partial charge in [-0.2, -0.15) is 0 Å². The summed E-state index contributed by atoms with van der Waals surface area (Å²) >= 11 is 0. The number of rotatable bonds is 9. The summed E-state index contributed by atoms with van der Waals surface area (Å²) < 4.78 is 5.23. The van der Waals surface area contributed by atoms with E-state index in [0.29, 0.717) is 0 Å². The van der Waals surface area contributed by atoms with Gasteiger partial charge in [0.15, 0.2) is 0 Å². The molecule has 0 aromatic carbocycles. The Hall–Kier alpha value is -0.720. The first kappa shape index (κ1) is 16.7. The van der Waals surface area contributed by atoms with Crippen molar-refractivity contribution >= 4 is 0 Å². The van der Waals surface area contributed by atoms with Crippen LogP contribution in [0, 0.1) is 0 Å². The summed E-state index contributed by atoms with van der Waals surface area (Å²) in [5.74, 6) is 0. The molecule has 0 heterocycles. The van der Waals surface area contributed by atoms with Crippen molar-refractivity contribution in [2.24, 2.45) is 0 Å². The van der Waals surface area contributed by atoms with E-state index in [1.807, 2.05) is 13.0 Å². The second kappa shape index (κ2) is 18.9. The molecule has 0 aliphatic heterocycles. The number of hydrogen-bond donors (Lipinski definition) is 0. The largest absolute Gasteiger partial charge is 0.502 e. The van der Waals surface area contributed by atoms with E-state index in [-0.39, 0.29) is 0 Å². The van der Waals surface area contributed by atoms with Gasteiger partial charge in [0.1, 0.15) is 0 Å². The van der Waals surface area contributed by atoms with Crippen LogP contribution in [0.1, 0.15) is 58.8 Å². The van der Waals surface area contributed by atoms with E-state index in [1.165, 1.54) is 44.9 Å². The van der Waals surface area contributed by atoms with Gasteiger partial charge in [0.25, 0.3) is 0 Å². The predicted molar refractivity (Wildman–Crippen MR) is 70.0 cm³/mol. The third-order valence-electron chi connectivity index (χ3n) is 2.10. The van der Waals surface area contributed by atoms with Crippen LogP contribution in [-0.2, 0) is 4.74 Å². The first-order valence-corrected chi connectivity index (χ1v) is 6.14. The number of hydrogen-bond acceptors (Lipinski definition) is 1. The van der Waals surface area contributed by atoms with Crippen molar-refractivity contribution in [1.29, 1.82) is 0 Å². The second-order valence-corrected chi connectivity index (χ2v) is 3.46. The van der Waals surface area contributed by atoms with Gasteiger partial charge in [-0.1, -0.05) is 51.5 Å². The number of unbranched alkanes of at least 4 members (excludes halogenated alkanes) is 6. The number of allylic oxidation sites excluding steroid dienone is 1. The van der Waals surface area contributed by atoms with E-state index in [1.54, 1.807) is 6.26 Å². The minimum Gasteiger partial charge on any atom is -0.502 e. The van der Waals surface area contributed by atoms with Gasteiger partial charge < -0.3 is 4.74 Å². The van der Waals surface area contributed by atoms with Crippen LogP contribution in [0.25, 0.3) is 0 Å². The molecule has 0 fully saturated rings. The van der Waals surface area contributed by atoms with Gasteiger partial charge in [-0.05, 0) is 13.3 Å². The quantitative estimate of drug-likeness (QED) is 0.294. The van der Waals surface area contributed by atoms with Crippen molar-refractivity contribution in [2.45, 2.75) is 58.8 Å². The molecular weight excluding hydrogens is 184 g/mol. The topological polar surface area (TPSA) is 9.23 Å². The van der Waals surface area contributed by atoms with E-state index >= 15 is 0 Å². The molecule has 0 radical (unpaired) electrons. The lowest BCUT2D eigenvalue weighted by Gasteiger charge is -2.01. The monoisotopic (exact) mass is 212 g/mol. The maximum atomic E-state index is 5.23. The lowest BCUT2D eigenvalue weighted by atomic mass is 10.1. The highest BCUT2D eigenvalue weighted by atomic mass is 16.5. The average Bonchev–Trinajstić information content (AvgIpc) is 2.30. The van der Waals surface area contributed by atoms with Gasteiger partial charge in [0.05, 0.1) is 12.9 Å². The minimum absolute atomic E-state index is 0.887. The van der Waals surface area contributed by atoms with E-state index in [4.69, 9.17) is 4.74 Å². The molecule has 0 saturated heterocycles. The fraction of sp³-hybridized carbons (Fsp3) is 0.714. The highest BCUT2D eigenvalue weighted by molar-refractivity contribution is 4.64. The van der Waals surface area contributed by atoms with Crippen molar-refractivity contribution in [2.75, 3.05) is 6.61 Å². The summed E-state index contributed by atoms with van der Waals surface area (Å²) in [5, 5.41) is 0. The van der Waals surface area contributed by atoms with Crippen LogP contribution in [0.3, 0.4) is 0 Å². The third kappa shape index (κ3) is 19.6. The van der Waals surface area contributed by atoms with Gasteiger partial charge in [0, 0.05) is 0 Å². The Bertz CT molecular complexity index is 119. The fourth-order valence-electron chi connectivity index (χ4n) is 1.31. The van der Waals surface area contributed by atoms with Crippen LogP contribution in [-0.4, -0.2) is 6.61 Å². The Morgan fingerprint density at radius 1 is 0.933 bits per heavy atom. The molecule has 0 rings (SSSR count). The predicted octanol–water partition coefficient (Wildman–Crippen LogP) is 5.09. The standard InChI is InChI=1S/C12H24O.C2H4/c1-3-5-6-7-8-9-10-12-13-11-4-2;1-2/h4,11H,3,5-10,12H2,1-2H3;1-2H2. The highest BCUT2D eigenvalue weighted by Crippen LogP contribution is 2.06. The van der Waals surface area contributed by atoms with Crippen molar-refractivity contribution in [1.82, 2.24) is 0 Å². The summed E-state index contributed by atoms with van der Waals surface area (Å²) in [5.41, 5.74) is 0. The van der Waals surface area contributed by atoms with Gasteiger partial charge >= 0.3 is 0 Å². The molecule has 0 aromatic rings. The smallest absolute Gasteiger partial charge is 0.0873 e. The molecule has 0 atom stereocenters. The summed E-state index contributed by atoms with van der Waals surface area (Å²) in [6.07, 6.45) is 13.2. The summed E-state index contributed by atoms with van der Waals surface area (Å²) in [7, 11) is 0. The Morgan fingerprint density at radius 3 is 2.00 bits per heavy atom. The normalized spacial score (nSPS) is 9.73. The van der Waals surface area contributed by atoms with Crippen LogP contribution < -0.4 is 0 Å². The summed E-state index contributed by atoms with van der Waals surface area (Å²) in [6.45, 7) is 11.1. The third-order valence-corrected chi connectivity index (χ3v) is 2.10. The molecule has 0 aromatic heterocycles. The minimum atomic E-state index is 0.887. The Labute approximate surface area is 96.2 Å². The van der Waals surface area contributed by atoms with Crippen LogP contribution >= 0.6 is 0 Å². The fourth-order valence-corrected chi connectivity index (χ4v) is 1.31. The van der Waals surface area contributed by atoms with E-state index < -0.39 is 0 Å². The summed E-state index contributed by atoms with van der Waals surface area (Å²) in [4.78, 5) is 0. The summed E-state index contributed by atoms with van der Waals surface area (Å²) in [6, 6.07) is 0.